The zero-order chi connectivity index (χ0) is 36.0. The van der Waals surface area contributed by atoms with E-state index in [1.807, 2.05) is 0 Å². The van der Waals surface area contributed by atoms with Crippen molar-refractivity contribution < 1.29 is 43.4 Å². The number of ether oxygens (including phenoxy) is 4. The first-order valence-corrected chi connectivity index (χ1v) is 15.6. The quantitative estimate of drug-likeness (QED) is 0.142. The predicted molar refractivity (Wildman–Crippen MR) is 183 cm³/mol. The van der Waals surface area contributed by atoms with Crippen molar-refractivity contribution in [1.82, 2.24) is 15.1 Å². The largest absolute Gasteiger partial charge is 0.496 e. The first kappa shape index (κ1) is 36.7. The molecular weight excluding hydrogens is 680 g/mol. The highest BCUT2D eigenvalue weighted by molar-refractivity contribution is 7.80. The lowest BCUT2D eigenvalue weighted by molar-refractivity contribution is -0.385. The van der Waals surface area contributed by atoms with Gasteiger partial charge in [0.2, 0.25) is 5.91 Å². The number of methoxy groups -OCH3 is 4. The number of nitro groups is 1. The molecule has 1 fully saturated rings. The van der Waals surface area contributed by atoms with E-state index in [0.29, 0.717) is 39.1 Å². The van der Waals surface area contributed by atoms with Gasteiger partial charge in [-0.2, -0.15) is 0 Å². The molecule has 4 rings (SSSR count). The molecule has 0 aromatic heterocycles. The van der Waals surface area contributed by atoms with Crippen LogP contribution in [0, 0.1) is 16.0 Å². The van der Waals surface area contributed by atoms with Crippen LogP contribution in [0.4, 0.5) is 10.5 Å². The van der Waals surface area contributed by atoms with E-state index < -0.39 is 46.0 Å². The Morgan fingerprint density at radius 3 is 2.27 bits per heavy atom. The Kier molecular flexibility index (Phi) is 11.9. The summed E-state index contributed by atoms with van der Waals surface area (Å²) in [5.74, 6) is -0.863. The Labute approximate surface area is 292 Å². The molecule has 0 bridgehead atoms. The molecule has 1 aliphatic heterocycles. The molecule has 0 aliphatic carbocycles. The van der Waals surface area contributed by atoms with Gasteiger partial charge in [-0.3, -0.25) is 19.8 Å². The number of carboxylic acids is 1. The van der Waals surface area contributed by atoms with Crippen LogP contribution in [-0.4, -0.2) is 84.3 Å². The van der Waals surface area contributed by atoms with E-state index in [9.17, 15) is 29.6 Å². The normalized spacial score (nSPS) is 15.3. The number of urea groups is 1. The van der Waals surface area contributed by atoms with Gasteiger partial charge in [0.05, 0.1) is 69.0 Å². The second-order valence-corrected chi connectivity index (χ2v) is 12.0. The second kappa shape index (κ2) is 15.8. The van der Waals surface area contributed by atoms with Crippen LogP contribution in [-0.2, 0) is 17.8 Å². The summed E-state index contributed by atoms with van der Waals surface area (Å²) in [5, 5.41) is 24.0. The van der Waals surface area contributed by atoms with Gasteiger partial charge in [0.1, 0.15) is 28.6 Å². The average molecular weight is 715 g/mol. The fourth-order valence-electron chi connectivity index (χ4n) is 5.55. The first-order valence-electron chi connectivity index (χ1n) is 14.8. The number of aromatic carboxylic acids is 1. The number of rotatable bonds is 12. The Balaban J connectivity index is 1.70. The molecule has 3 aromatic carbocycles. The number of carboxylic acid groups (broad SMARTS) is 1. The summed E-state index contributed by atoms with van der Waals surface area (Å²) < 4.78 is 22.2. The summed E-state index contributed by atoms with van der Waals surface area (Å²) >= 11 is 12.1. The van der Waals surface area contributed by atoms with Gasteiger partial charge in [-0.1, -0.05) is 29.9 Å². The average Bonchev–Trinajstić information content (AvgIpc) is 3.19. The minimum atomic E-state index is -1.46. The summed E-state index contributed by atoms with van der Waals surface area (Å²) in [6, 6.07) is 10.3. The molecule has 0 spiro atoms. The molecule has 1 saturated heterocycles. The van der Waals surface area contributed by atoms with Gasteiger partial charge in [0.15, 0.2) is 0 Å². The van der Waals surface area contributed by atoms with Crippen molar-refractivity contribution in [3.63, 3.8) is 0 Å². The second-order valence-electron chi connectivity index (χ2n) is 11.1. The number of amides is 3. The van der Waals surface area contributed by atoms with Crippen molar-refractivity contribution in [2.24, 2.45) is 5.92 Å². The van der Waals surface area contributed by atoms with Gasteiger partial charge in [0, 0.05) is 29.8 Å². The molecule has 2 N–H and O–H groups in total. The lowest BCUT2D eigenvalue weighted by Crippen LogP contribution is -2.48. The Morgan fingerprint density at radius 1 is 1.04 bits per heavy atom. The number of nitrogens with zero attached hydrogens (tertiary/aromatic N) is 3. The standard InChI is InChI=1S/C33H35ClN4O10S/c1-18(19-6-8-24(32(40)41)26(12-19)38(43)44)35-33(42)37-17-30(49)36(16-25-28(47-4)13-23(45-2)14-29(25)48-5)15-21(31(37)39)10-20-11-22(34)7-9-27(20)46-3/h6-9,11-14,18,21H,10,15-17H2,1-5H3,(H,35,42)(H,40,41)/t18-,21-/m1/s1. The number of carbonyl (C=O) groups is 3. The molecule has 3 aromatic rings. The van der Waals surface area contributed by atoms with Crippen LogP contribution in [0.25, 0.3) is 0 Å². The maximum Gasteiger partial charge on any atom is 0.342 e. The van der Waals surface area contributed by atoms with Crippen molar-refractivity contribution in [3.8, 4) is 23.0 Å². The van der Waals surface area contributed by atoms with E-state index in [1.54, 1.807) is 42.2 Å². The molecular formula is C33H35ClN4O10S. The van der Waals surface area contributed by atoms with Crippen LogP contribution in [0.2, 0.25) is 5.02 Å². The van der Waals surface area contributed by atoms with Gasteiger partial charge >= 0.3 is 12.0 Å². The molecule has 2 atom stereocenters. The number of halogens is 1. The molecule has 14 nitrogen and oxygen atoms in total. The first-order chi connectivity index (χ1) is 23.3. The van der Waals surface area contributed by atoms with Gasteiger partial charge in [-0.15, -0.1) is 0 Å². The molecule has 1 heterocycles. The number of hydrogen-bond acceptors (Lipinski definition) is 10. The van der Waals surface area contributed by atoms with E-state index in [-0.39, 0.29) is 36.6 Å². The van der Waals surface area contributed by atoms with Crippen LogP contribution < -0.4 is 24.3 Å². The minimum absolute atomic E-state index is 0.105. The van der Waals surface area contributed by atoms with Crippen molar-refractivity contribution in [1.29, 1.82) is 0 Å². The molecule has 1 aliphatic rings. The van der Waals surface area contributed by atoms with E-state index in [2.05, 4.69) is 5.32 Å². The van der Waals surface area contributed by atoms with Gasteiger partial charge in [-0.25, -0.2) is 9.59 Å². The summed E-state index contributed by atoms with van der Waals surface area (Å²) in [4.78, 5) is 53.3. The topological polar surface area (TPSA) is 170 Å². The maximum absolute atomic E-state index is 14.2. The molecule has 49 heavy (non-hydrogen) atoms. The number of carbonyl (C=O) groups excluding carboxylic acids is 2. The molecule has 3 amide bonds. The highest BCUT2D eigenvalue weighted by Crippen LogP contribution is 2.36. The Hall–Kier alpha value is -5.15. The van der Waals surface area contributed by atoms with Crippen molar-refractivity contribution in [3.05, 3.63) is 85.9 Å². The summed E-state index contributed by atoms with van der Waals surface area (Å²) in [6.45, 7) is 1.57. The monoisotopic (exact) mass is 714 g/mol. The highest BCUT2D eigenvalue weighted by atomic mass is 35.5. The zero-order valence-corrected chi connectivity index (χ0v) is 28.9. The maximum atomic E-state index is 14.2. The number of thiocarbonyl (C=S) groups is 1. The Bertz CT molecular complexity index is 1760. The van der Waals surface area contributed by atoms with Crippen LogP contribution in [0.5, 0.6) is 23.0 Å². The van der Waals surface area contributed by atoms with E-state index in [0.717, 1.165) is 17.0 Å². The summed E-state index contributed by atoms with van der Waals surface area (Å²) in [6.07, 6.45) is 0.140. The van der Waals surface area contributed by atoms with E-state index in [1.165, 1.54) is 34.5 Å². The van der Waals surface area contributed by atoms with Crippen LogP contribution in [0.1, 0.15) is 40.0 Å². The number of nitro benzene ring substituents is 1. The SMILES string of the molecule is COc1cc(OC)c(CN2C[C@@H](Cc3cc(Cl)ccc3OC)C(=O)N(C(=O)N[C@H](C)c3ccc(C(=O)O)c([N+](=O)[O-])c3)CC2=S)c(OC)c1. The van der Waals surface area contributed by atoms with Gasteiger partial charge in [0.25, 0.3) is 5.69 Å². The molecule has 260 valence electrons. The van der Waals surface area contributed by atoms with Crippen molar-refractivity contribution in [2.45, 2.75) is 25.9 Å². The van der Waals surface area contributed by atoms with E-state index in [4.69, 9.17) is 42.8 Å². The predicted octanol–water partition coefficient (Wildman–Crippen LogP) is 5.28. The van der Waals surface area contributed by atoms with Gasteiger partial charge < -0.3 is 34.3 Å². The summed E-state index contributed by atoms with van der Waals surface area (Å²) in [5.41, 5.74) is 0.409. The van der Waals surface area contributed by atoms with Crippen LogP contribution in [0.3, 0.4) is 0 Å². The molecule has 0 saturated carbocycles. The minimum Gasteiger partial charge on any atom is -0.496 e. The third-order valence-corrected chi connectivity index (χ3v) is 8.73. The van der Waals surface area contributed by atoms with Crippen LogP contribution >= 0.6 is 23.8 Å². The third kappa shape index (κ3) is 8.29. The van der Waals surface area contributed by atoms with E-state index >= 15 is 0 Å². The molecule has 0 unspecified atom stereocenters. The van der Waals surface area contributed by atoms with Crippen molar-refractivity contribution >= 4 is 52.4 Å². The fraction of sp³-hybridized carbons (Fsp3) is 0.333. The van der Waals surface area contributed by atoms with Gasteiger partial charge in [-0.05, 0) is 48.7 Å². The zero-order valence-electron chi connectivity index (χ0n) is 27.4. The lowest BCUT2D eigenvalue weighted by Gasteiger charge is -2.27. The lowest BCUT2D eigenvalue weighted by atomic mass is 9.96. The number of benzene rings is 3. The van der Waals surface area contributed by atoms with Crippen LogP contribution in [0.15, 0.2) is 48.5 Å². The fourth-order valence-corrected chi connectivity index (χ4v) is 6.01. The summed E-state index contributed by atoms with van der Waals surface area (Å²) in [7, 11) is 6.03. The number of nitrogens with one attached hydrogen (secondary N) is 1. The van der Waals surface area contributed by atoms with Crippen molar-refractivity contribution in [2.75, 3.05) is 41.5 Å². The highest BCUT2D eigenvalue weighted by Gasteiger charge is 2.37. The molecule has 0 radical (unpaired) electrons. The Morgan fingerprint density at radius 2 is 1.69 bits per heavy atom. The number of hydrogen-bond donors (Lipinski definition) is 2. The molecule has 16 heteroatoms. The third-order valence-electron chi connectivity index (χ3n) is 8.11. The number of imide groups is 1. The smallest absolute Gasteiger partial charge is 0.342 e.